The first-order valence-electron chi connectivity index (χ1n) is 9.04. The van der Waals surface area contributed by atoms with Gasteiger partial charge in [0.15, 0.2) is 0 Å². The second-order valence-electron chi connectivity index (χ2n) is 6.61. The molecule has 1 aliphatic rings. The molecule has 0 radical (unpaired) electrons. The smallest absolute Gasteiger partial charge is 0.257 e. The molecule has 3 aromatic heterocycles. The number of thiophene rings is 1. The van der Waals surface area contributed by atoms with Gasteiger partial charge < -0.3 is 9.73 Å². The number of nitrogens with zero attached hydrogens (tertiary/aromatic N) is 4. The lowest BCUT2D eigenvalue weighted by Crippen LogP contribution is -2.39. The third-order valence-electron chi connectivity index (χ3n) is 4.89. The molecule has 1 aliphatic heterocycles. The van der Waals surface area contributed by atoms with Crippen molar-refractivity contribution in [2.45, 2.75) is 25.8 Å². The zero-order valence-electron chi connectivity index (χ0n) is 15.0. The van der Waals surface area contributed by atoms with Crippen LogP contribution in [0.25, 0.3) is 10.8 Å². The first-order chi connectivity index (χ1) is 13.2. The second-order valence-corrected chi connectivity index (χ2v) is 7.56. The molecule has 4 heterocycles. The maximum absolute atomic E-state index is 12.4. The summed E-state index contributed by atoms with van der Waals surface area (Å²) in [6.07, 6.45) is 3.28. The van der Waals surface area contributed by atoms with E-state index in [-0.39, 0.29) is 17.9 Å². The van der Waals surface area contributed by atoms with E-state index in [4.69, 9.17) is 4.42 Å². The van der Waals surface area contributed by atoms with Crippen LogP contribution in [0.2, 0.25) is 0 Å². The van der Waals surface area contributed by atoms with Crippen LogP contribution in [0.15, 0.2) is 46.3 Å². The van der Waals surface area contributed by atoms with E-state index >= 15 is 0 Å². The van der Waals surface area contributed by atoms with Crippen molar-refractivity contribution >= 4 is 23.1 Å². The number of carbonyl (C=O) groups excluding carboxylic acids is 1. The van der Waals surface area contributed by atoms with Crippen LogP contribution in [0.4, 0.5) is 5.82 Å². The summed E-state index contributed by atoms with van der Waals surface area (Å²) in [4.78, 5) is 19.9. The molecular weight excluding hydrogens is 362 g/mol. The zero-order valence-corrected chi connectivity index (χ0v) is 15.9. The van der Waals surface area contributed by atoms with Gasteiger partial charge in [0.05, 0.1) is 10.9 Å². The Kier molecular flexibility index (Phi) is 5.26. The van der Waals surface area contributed by atoms with Crippen LogP contribution in [-0.4, -0.2) is 39.1 Å². The molecule has 8 heteroatoms. The summed E-state index contributed by atoms with van der Waals surface area (Å²) in [6, 6.07) is 9.46. The number of aromatic nitrogens is 3. The van der Waals surface area contributed by atoms with Crippen molar-refractivity contribution in [3.05, 3.63) is 47.8 Å². The number of anilines is 1. The molecule has 0 aliphatic carbocycles. The van der Waals surface area contributed by atoms with Gasteiger partial charge >= 0.3 is 0 Å². The quantitative estimate of drug-likeness (QED) is 0.725. The molecule has 3 aromatic rings. The lowest BCUT2D eigenvalue weighted by Gasteiger charge is -2.33. The zero-order chi connectivity index (χ0) is 18.6. The third-order valence-corrected chi connectivity index (χ3v) is 5.75. The SMILES string of the molecule is CC(c1nnc(-c2cccs2)o1)N1CCC(C(=O)Nc2ccccn2)CC1. The number of hydrogen-bond donors (Lipinski definition) is 1. The monoisotopic (exact) mass is 383 g/mol. The van der Waals surface area contributed by atoms with Crippen molar-refractivity contribution in [1.29, 1.82) is 0 Å². The molecule has 1 unspecified atom stereocenters. The molecule has 1 N–H and O–H groups in total. The van der Waals surface area contributed by atoms with Crippen molar-refractivity contribution in [3.8, 4) is 10.8 Å². The highest BCUT2D eigenvalue weighted by Crippen LogP contribution is 2.29. The topological polar surface area (TPSA) is 84.2 Å². The predicted molar refractivity (Wildman–Crippen MR) is 103 cm³/mol. The van der Waals surface area contributed by atoms with Crippen LogP contribution in [-0.2, 0) is 4.79 Å². The van der Waals surface area contributed by atoms with Gasteiger partial charge in [0.2, 0.25) is 11.8 Å². The molecule has 1 fully saturated rings. The number of amides is 1. The molecule has 0 aromatic carbocycles. The van der Waals surface area contributed by atoms with Crippen molar-refractivity contribution in [2.24, 2.45) is 5.92 Å². The Labute approximate surface area is 161 Å². The largest absolute Gasteiger partial charge is 0.418 e. The molecular formula is C19H21N5O2S. The maximum atomic E-state index is 12.4. The Morgan fingerprint density at radius 3 is 2.81 bits per heavy atom. The van der Waals surface area contributed by atoms with E-state index < -0.39 is 0 Å². The Balaban J connectivity index is 1.33. The molecule has 0 bridgehead atoms. The summed E-state index contributed by atoms with van der Waals surface area (Å²) in [5, 5.41) is 13.3. The van der Waals surface area contributed by atoms with Gasteiger partial charge in [0, 0.05) is 12.1 Å². The number of rotatable bonds is 5. The molecule has 27 heavy (non-hydrogen) atoms. The summed E-state index contributed by atoms with van der Waals surface area (Å²) < 4.78 is 5.86. The van der Waals surface area contributed by atoms with Crippen LogP contribution < -0.4 is 5.32 Å². The normalized spacial score (nSPS) is 16.9. The van der Waals surface area contributed by atoms with Crippen molar-refractivity contribution in [2.75, 3.05) is 18.4 Å². The summed E-state index contributed by atoms with van der Waals surface area (Å²) in [5.74, 6) is 1.83. The maximum Gasteiger partial charge on any atom is 0.257 e. The summed E-state index contributed by atoms with van der Waals surface area (Å²) in [6.45, 7) is 3.70. The standard InChI is InChI=1S/C19H21N5O2S/c1-13(18-22-23-19(26-18)15-5-4-12-27-15)24-10-7-14(8-11-24)17(25)21-16-6-2-3-9-20-16/h2-6,9,12-14H,7-8,10-11H2,1H3,(H,20,21,25). The molecule has 1 atom stereocenters. The van der Waals surface area contributed by atoms with Crippen LogP contribution in [0.5, 0.6) is 0 Å². The highest BCUT2D eigenvalue weighted by Gasteiger charge is 2.30. The average molecular weight is 383 g/mol. The van der Waals surface area contributed by atoms with Gasteiger partial charge in [0.25, 0.3) is 5.89 Å². The van der Waals surface area contributed by atoms with Crippen molar-refractivity contribution in [3.63, 3.8) is 0 Å². The van der Waals surface area contributed by atoms with Crippen LogP contribution in [0, 0.1) is 5.92 Å². The van der Waals surface area contributed by atoms with Crippen molar-refractivity contribution < 1.29 is 9.21 Å². The van der Waals surface area contributed by atoms with Gasteiger partial charge in [-0.05, 0) is 56.4 Å². The van der Waals surface area contributed by atoms with Gasteiger partial charge in [-0.3, -0.25) is 9.69 Å². The molecule has 1 saturated heterocycles. The minimum Gasteiger partial charge on any atom is -0.418 e. The lowest BCUT2D eigenvalue weighted by molar-refractivity contribution is -0.121. The highest BCUT2D eigenvalue weighted by atomic mass is 32.1. The molecule has 140 valence electrons. The fourth-order valence-corrected chi connectivity index (χ4v) is 3.92. The van der Waals surface area contributed by atoms with E-state index in [0.29, 0.717) is 17.6 Å². The van der Waals surface area contributed by atoms with Crippen LogP contribution in [0.3, 0.4) is 0 Å². The van der Waals surface area contributed by atoms with Gasteiger partial charge in [-0.15, -0.1) is 21.5 Å². The van der Waals surface area contributed by atoms with E-state index in [2.05, 4.69) is 32.3 Å². The second kappa shape index (κ2) is 7.98. The molecule has 4 rings (SSSR count). The fraction of sp³-hybridized carbons (Fsp3) is 0.368. The number of carbonyl (C=O) groups is 1. The molecule has 0 spiro atoms. The fourth-order valence-electron chi connectivity index (χ4n) is 3.27. The van der Waals surface area contributed by atoms with Crippen LogP contribution in [0.1, 0.15) is 31.7 Å². The van der Waals surface area contributed by atoms with Gasteiger partial charge in [-0.25, -0.2) is 4.98 Å². The molecule has 1 amide bonds. The number of piperidine rings is 1. The summed E-state index contributed by atoms with van der Waals surface area (Å²) in [5.41, 5.74) is 0. The third kappa shape index (κ3) is 4.06. The molecule has 0 saturated carbocycles. The van der Waals surface area contributed by atoms with Crippen LogP contribution >= 0.6 is 11.3 Å². The van der Waals surface area contributed by atoms with E-state index in [1.54, 1.807) is 23.6 Å². The Hall–Kier alpha value is -2.58. The first-order valence-corrected chi connectivity index (χ1v) is 9.92. The van der Waals surface area contributed by atoms with E-state index in [1.807, 2.05) is 29.6 Å². The number of nitrogens with one attached hydrogen (secondary N) is 1. The molecule has 7 nitrogen and oxygen atoms in total. The number of likely N-dealkylation sites (tertiary alicyclic amines) is 1. The highest BCUT2D eigenvalue weighted by molar-refractivity contribution is 7.13. The van der Waals surface area contributed by atoms with Gasteiger partial charge in [0.1, 0.15) is 5.82 Å². The number of hydrogen-bond acceptors (Lipinski definition) is 7. The Morgan fingerprint density at radius 2 is 2.11 bits per heavy atom. The lowest BCUT2D eigenvalue weighted by atomic mass is 9.95. The van der Waals surface area contributed by atoms with E-state index in [1.165, 1.54) is 0 Å². The average Bonchev–Trinajstić information content (AvgIpc) is 3.40. The minimum atomic E-state index is -0.000166. The summed E-state index contributed by atoms with van der Waals surface area (Å²) >= 11 is 1.58. The Morgan fingerprint density at radius 1 is 1.26 bits per heavy atom. The Bertz CT molecular complexity index is 873. The summed E-state index contributed by atoms with van der Waals surface area (Å²) in [7, 11) is 0. The van der Waals surface area contributed by atoms with E-state index in [9.17, 15) is 4.79 Å². The van der Waals surface area contributed by atoms with Gasteiger partial charge in [-0.1, -0.05) is 12.1 Å². The predicted octanol–water partition coefficient (Wildman–Crippen LogP) is 3.60. The number of pyridine rings is 1. The van der Waals surface area contributed by atoms with Crippen molar-refractivity contribution in [1.82, 2.24) is 20.1 Å². The van der Waals surface area contributed by atoms with E-state index in [0.717, 1.165) is 30.8 Å². The van der Waals surface area contributed by atoms with Gasteiger partial charge in [-0.2, -0.15) is 0 Å². The minimum absolute atomic E-state index is 0.000166. The first kappa shape index (κ1) is 17.8.